The lowest BCUT2D eigenvalue weighted by atomic mass is 9.57. The van der Waals surface area contributed by atoms with E-state index in [2.05, 4.69) is 4.98 Å². The van der Waals surface area contributed by atoms with Gasteiger partial charge >= 0.3 is 6.18 Å². The molecule has 1 aromatic heterocycles. The highest BCUT2D eigenvalue weighted by molar-refractivity contribution is 6.32. The second-order valence-corrected chi connectivity index (χ2v) is 10.0. The van der Waals surface area contributed by atoms with Gasteiger partial charge < -0.3 is 15.5 Å². The van der Waals surface area contributed by atoms with Gasteiger partial charge in [-0.15, -0.1) is 0 Å². The highest BCUT2D eigenvalue weighted by Gasteiger charge is 2.48. The summed E-state index contributed by atoms with van der Waals surface area (Å²) >= 11 is 6.41. The Labute approximate surface area is 202 Å². The number of nitrogens with one attached hydrogen (secondary N) is 1. The normalized spacial score (nSPS) is 28.6. The van der Waals surface area contributed by atoms with Gasteiger partial charge in [0.05, 0.1) is 16.7 Å². The number of pyridine rings is 1. The lowest BCUT2D eigenvalue weighted by molar-refractivity contribution is -0.0896. The number of halogens is 4. The van der Waals surface area contributed by atoms with Gasteiger partial charge in [-0.1, -0.05) is 43.7 Å². The number of hydrogen-bond donors (Lipinski definition) is 2. The van der Waals surface area contributed by atoms with E-state index in [1.165, 1.54) is 12.2 Å². The largest absolute Gasteiger partial charge is 0.489 e. The molecule has 1 aromatic carbocycles. The molecule has 184 valence electrons. The minimum absolute atomic E-state index is 0.0644. The van der Waals surface area contributed by atoms with Crippen molar-refractivity contribution in [1.82, 2.24) is 4.98 Å². The van der Waals surface area contributed by atoms with Crippen molar-refractivity contribution in [2.45, 2.75) is 64.3 Å². The van der Waals surface area contributed by atoms with Crippen molar-refractivity contribution in [3.8, 4) is 5.75 Å². The highest BCUT2D eigenvalue weighted by Crippen LogP contribution is 2.52. The topological polar surface area (TPSA) is 68.1 Å². The molecule has 0 radical (unpaired) electrons. The number of nitrogens with two attached hydrogens (primary N) is 1. The van der Waals surface area contributed by atoms with Gasteiger partial charge in [-0.3, -0.25) is 4.79 Å². The van der Waals surface area contributed by atoms with Crippen LogP contribution in [0.3, 0.4) is 0 Å². The number of fused-ring (bicyclic) bond motifs is 1. The summed E-state index contributed by atoms with van der Waals surface area (Å²) in [7, 11) is 0. The van der Waals surface area contributed by atoms with Crippen LogP contribution < -0.4 is 16.0 Å². The molecule has 1 fully saturated rings. The van der Waals surface area contributed by atoms with Crippen molar-refractivity contribution in [3.05, 3.63) is 63.6 Å². The first kappa shape index (κ1) is 24.9. The highest BCUT2D eigenvalue weighted by atomic mass is 35.5. The van der Waals surface area contributed by atoms with Crippen molar-refractivity contribution < 1.29 is 17.9 Å². The van der Waals surface area contributed by atoms with Gasteiger partial charge in [-0.25, -0.2) is 0 Å². The Morgan fingerprint density at radius 2 is 2.00 bits per heavy atom. The fourth-order valence-corrected chi connectivity index (χ4v) is 6.00. The van der Waals surface area contributed by atoms with E-state index in [1.807, 2.05) is 13.8 Å². The third-order valence-electron chi connectivity index (χ3n) is 7.64. The lowest BCUT2D eigenvalue weighted by Gasteiger charge is -2.50. The van der Waals surface area contributed by atoms with Crippen LogP contribution in [0.25, 0.3) is 10.8 Å². The number of alkyl halides is 3. The van der Waals surface area contributed by atoms with E-state index in [0.717, 1.165) is 37.5 Å². The van der Waals surface area contributed by atoms with Crippen molar-refractivity contribution in [2.24, 2.45) is 23.0 Å². The first-order valence-electron chi connectivity index (χ1n) is 11.8. The number of ether oxygens (including phenoxy) is 1. The first-order chi connectivity index (χ1) is 16.0. The standard InChI is InChI=1S/C26H30ClF3N2O2/c1-3-23(31)25(20-5-4-17(12-15(20)2)26(28,29)30)9-6-18(7-10-25)34-22-13-16-8-11-32-24(33)19(16)14-21(22)27/h4-5,8,11-15,18,20,23H,3,6-7,9-10,31H2,1-2H3,(H,32,33). The van der Waals surface area contributed by atoms with Crippen LogP contribution >= 0.6 is 11.6 Å². The number of aromatic amines is 1. The summed E-state index contributed by atoms with van der Waals surface area (Å²) in [5.41, 5.74) is 5.54. The average molecular weight is 495 g/mol. The number of benzene rings is 1. The molecular formula is C26H30ClF3N2O2. The summed E-state index contributed by atoms with van der Waals surface area (Å²) in [5.74, 6) is 0.205. The van der Waals surface area contributed by atoms with Crippen LogP contribution in [0.5, 0.6) is 5.75 Å². The predicted octanol–water partition coefficient (Wildman–Crippen LogP) is 6.54. The molecule has 1 saturated carbocycles. The van der Waals surface area contributed by atoms with Crippen molar-refractivity contribution >= 4 is 22.4 Å². The zero-order chi connectivity index (χ0) is 24.7. The van der Waals surface area contributed by atoms with E-state index in [-0.39, 0.29) is 35.0 Å². The number of aromatic nitrogens is 1. The quantitative estimate of drug-likeness (QED) is 0.496. The molecule has 0 aliphatic heterocycles. The second-order valence-electron chi connectivity index (χ2n) is 9.61. The molecule has 8 heteroatoms. The fourth-order valence-electron chi connectivity index (χ4n) is 5.79. The van der Waals surface area contributed by atoms with Crippen LogP contribution in [0.15, 0.2) is 53.0 Å². The van der Waals surface area contributed by atoms with Crippen LogP contribution in [0.1, 0.15) is 46.0 Å². The Morgan fingerprint density at radius 3 is 2.62 bits per heavy atom. The van der Waals surface area contributed by atoms with Crippen LogP contribution in [-0.2, 0) is 0 Å². The summed E-state index contributed by atoms with van der Waals surface area (Å²) in [6.45, 7) is 3.88. The maximum atomic E-state index is 13.2. The Balaban J connectivity index is 1.52. The first-order valence-corrected chi connectivity index (χ1v) is 12.1. The molecule has 2 aliphatic rings. The van der Waals surface area contributed by atoms with Crippen molar-refractivity contribution in [2.75, 3.05) is 0 Å². The summed E-state index contributed by atoms with van der Waals surface area (Å²) in [6, 6.07) is 5.07. The summed E-state index contributed by atoms with van der Waals surface area (Å²) in [4.78, 5) is 14.6. The third-order valence-corrected chi connectivity index (χ3v) is 7.94. The van der Waals surface area contributed by atoms with E-state index in [4.69, 9.17) is 22.1 Å². The summed E-state index contributed by atoms with van der Waals surface area (Å²) in [6.07, 6.45) is 5.16. The number of hydrogen-bond acceptors (Lipinski definition) is 3. The minimum Gasteiger partial charge on any atom is -0.489 e. The smallest absolute Gasteiger partial charge is 0.416 e. The van der Waals surface area contributed by atoms with Gasteiger partial charge in [0.25, 0.3) is 5.56 Å². The van der Waals surface area contributed by atoms with Gasteiger partial charge in [0.1, 0.15) is 5.75 Å². The van der Waals surface area contributed by atoms with Gasteiger partial charge in [0.2, 0.25) is 0 Å². The molecule has 4 nitrogen and oxygen atoms in total. The van der Waals surface area contributed by atoms with Crippen molar-refractivity contribution in [1.29, 1.82) is 0 Å². The van der Waals surface area contributed by atoms with Gasteiger partial charge in [0, 0.05) is 17.6 Å². The van der Waals surface area contributed by atoms with Crippen LogP contribution in [0.2, 0.25) is 5.02 Å². The molecule has 3 atom stereocenters. The molecule has 0 saturated heterocycles. The molecule has 3 N–H and O–H groups in total. The fraction of sp³-hybridized carbons (Fsp3) is 0.500. The maximum absolute atomic E-state index is 13.2. The predicted molar refractivity (Wildman–Crippen MR) is 129 cm³/mol. The monoisotopic (exact) mass is 494 g/mol. The maximum Gasteiger partial charge on any atom is 0.416 e. The van der Waals surface area contributed by atoms with Crippen LogP contribution in [0.4, 0.5) is 13.2 Å². The van der Waals surface area contributed by atoms with Crippen LogP contribution in [0, 0.1) is 17.3 Å². The Morgan fingerprint density at radius 1 is 1.29 bits per heavy atom. The van der Waals surface area contributed by atoms with E-state index < -0.39 is 11.7 Å². The molecule has 4 rings (SSSR count). The van der Waals surface area contributed by atoms with Gasteiger partial charge in [-0.2, -0.15) is 13.2 Å². The van der Waals surface area contributed by atoms with Crippen LogP contribution in [-0.4, -0.2) is 23.3 Å². The van der Waals surface area contributed by atoms with Gasteiger partial charge in [0.15, 0.2) is 0 Å². The number of rotatable bonds is 5. The molecule has 0 amide bonds. The zero-order valence-corrected chi connectivity index (χ0v) is 20.0. The van der Waals surface area contributed by atoms with E-state index >= 15 is 0 Å². The Bertz CT molecular complexity index is 1160. The molecule has 2 aromatic rings. The minimum atomic E-state index is -4.34. The van der Waals surface area contributed by atoms with Gasteiger partial charge in [-0.05, 0) is 72.9 Å². The Kier molecular flexibility index (Phi) is 6.89. The summed E-state index contributed by atoms with van der Waals surface area (Å²) in [5, 5.41) is 1.62. The molecule has 2 aliphatic carbocycles. The molecule has 1 heterocycles. The molecular weight excluding hydrogens is 465 g/mol. The third kappa shape index (κ3) is 4.65. The Hall–Kier alpha value is -2.25. The van der Waals surface area contributed by atoms with E-state index in [9.17, 15) is 18.0 Å². The SMILES string of the molecule is CCC(N)C1(C2C=CC(C(F)(F)F)=CC2C)CCC(Oc2cc3cc[nH]c(=O)c3cc2Cl)CC1. The summed E-state index contributed by atoms with van der Waals surface area (Å²) < 4.78 is 45.9. The van der Waals surface area contributed by atoms with Crippen molar-refractivity contribution in [3.63, 3.8) is 0 Å². The molecule has 0 spiro atoms. The van der Waals surface area contributed by atoms with E-state index in [1.54, 1.807) is 30.5 Å². The number of allylic oxidation sites excluding steroid dienone is 4. The lowest BCUT2D eigenvalue weighted by Crippen LogP contribution is -2.51. The number of H-pyrrole nitrogens is 1. The van der Waals surface area contributed by atoms with E-state index in [0.29, 0.717) is 16.2 Å². The molecule has 3 unspecified atom stereocenters. The average Bonchev–Trinajstić information content (AvgIpc) is 2.80. The second kappa shape index (κ2) is 9.42. The zero-order valence-electron chi connectivity index (χ0n) is 19.3. The molecule has 34 heavy (non-hydrogen) atoms. The molecule has 0 bridgehead atoms.